The lowest BCUT2D eigenvalue weighted by Gasteiger charge is -2.31. The Labute approximate surface area is 125 Å². The van der Waals surface area contributed by atoms with Gasteiger partial charge in [0.15, 0.2) is 0 Å². The van der Waals surface area contributed by atoms with Gasteiger partial charge in [0.05, 0.1) is 22.3 Å². The molecule has 1 aromatic heterocycles. The SMILES string of the molecule is CCOC(=O)[C@@H]1CCCN(C(=O)c2ccc([N+](=O)[O-])s2)C1. The number of nitrogens with zero attached hydrogens (tertiary/aromatic N) is 2. The number of esters is 1. The molecule has 21 heavy (non-hydrogen) atoms. The Morgan fingerprint density at radius 2 is 2.29 bits per heavy atom. The molecule has 1 atom stereocenters. The summed E-state index contributed by atoms with van der Waals surface area (Å²) in [6.07, 6.45) is 1.43. The second kappa shape index (κ2) is 6.66. The van der Waals surface area contributed by atoms with Gasteiger partial charge < -0.3 is 9.64 Å². The molecule has 114 valence electrons. The third kappa shape index (κ3) is 3.57. The molecule has 1 aliphatic heterocycles. The standard InChI is InChI=1S/C13H16N2O5S/c1-2-20-13(17)9-4-3-7-14(8-9)12(16)10-5-6-11(21-10)15(18)19/h5-6,9H,2-4,7-8H2,1H3/t9-/m1/s1. The highest BCUT2D eigenvalue weighted by Crippen LogP contribution is 2.27. The summed E-state index contributed by atoms with van der Waals surface area (Å²) in [4.78, 5) is 36.1. The molecular formula is C13H16N2O5S. The average Bonchev–Trinajstić information content (AvgIpc) is 2.97. The van der Waals surface area contributed by atoms with Crippen LogP contribution in [0.3, 0.4) is 0 Å². The first kappa shape index (κ1) is 15.4. The molecule has 0 aromatic carbocycles. The highest BCUT2D eigenvalue weighted by atomic mass is 32.1. The van der Waals surface area contributed by atoms with E-state index in [1.165, 1.54) is 12.1 Å². The van der Waals surface area contributed by atoms with Gasteiger partial charge >= 0.3 is 11.0 Å². The van der Waals surface area contributed by atoms with Gasteiger partial charge in [-0.05, 0) is 25.8 Å². The normalized spacial score (nSPS) is 18.3. The van der Waals surface area contributed by atoms with Gasteiger partial charge in [-0.1, -0.05) is 11.3 Å². The lowest BCUT2D eigenvalue weighted by atomic mass is 9.98. The van der Waals surface area contributed by atoms with Crippen LogP contribution in [0.4, 0.5) is 5.00 Å². The average molecular weight is 312 g/mol. The number of likely N-dealkylation sites (tertiary alicyclic amines) is 1. The maximum absolute atomic E-state index is 12.3. The molecule has 1 aromatic rings. The smallest absolute Gasteiger partial charge is 0.324 e. The van der Waals surface area contributed by atoms with Crippen LogP contribution in [-0.2, 0) is 9.53 Å². The molecule has 7 nitrogen and oxygen atoms in total. The van der Waals surface area contributed by atoms with E-state index in [-0.39, 0.29) is 22.8 Å². The van der Waals surface area contributed by atoms with Crippen molar-refractivity contribution in [1.29, 1.82) is 0 Å². The number of ether oxygens (including phenoxy) is 1. The minimum atomic E-state index is -0.515. The van der Waals surface area contributed by atoms with E-state index in [2.05, 4.69) is 0 Å². The number of hydrogen-bond acceptors (Lipinski definition) is 6. The largest absolute Gasteiger partial charge is 0.466 e. The molecule has 0 saturated carbocycles. The van der Waals surface area contributed by atoms with Crippen LogP contribution in [0.5, 0.6) is 0 Å². The van der Waals surface area contributed by atoms with Crippen LogP contribution in [0.25, 0.3) is 0 Å². The molecule has 2 heterocycles. The Bertz CT molecular complexity index is 557. The first-order chi connectivity index (χ1) is 10.0. The third-order valence-corrected chi connectivity index (χ3v) is 4.34. The topological polar surface area (TPSA) is 89.8 Å². The highest BCUT2D eigenvalue weighted by molar-refractivity contribution is 7.17. The zero-order valence-corrected chi connectivity index (χ0v) is 12.4. The van der Waals surface area contributed by atoms with Crippen molar-refractivity contribution in [3.63, 3.8) is 0 Å². The summed E-state index contributed by atoms with van der Waals surface area (Å²) in [5.41, 5.74) is 0. The van der Waals surface area contributed by atoms with Gasteiger partial charge in [-0.2, -0.15) is 0 Å². The van der Waals surface area contributed by atoms with Crippen LogP contribution in [0.1, 0.15) is 29.4 Å². The molecule has 0 aliphatic carbocycles. The minimum absolute atomic E-state index is 0.0581. The Hall–Kier alpha value is -1.96. The van der Waals surface area contributed by atoms with Crippen LogP contribution in [-0.4, -0.2) is 41.4 Å². The summed E-state index contributed by atoms with van der Waals surface area (Å²) in [6, 6.07) is 2.78. The van der Waals surface area contributed by atoms with E-state index in [9.17, 15) is 19.7 Å². The van der Waals surface area contributed by atoms with Crippen molar-refractivity contribution in [1.82, 2.24) is 4.90 Å². The monoisotopic (exact) mass is 312 g/mol. The van der Waals surface area contributed by atoms with Gasteiger partial charge in [-0.3, -0.25) is 19.7 Å². The quantitative estimate of drug-likeness (QED) is 0.482. The number of amides is 1. The molecule has 1 fully saturated rings. The zero-order chi connectivity index (χ0) is 15.4. The van der Waals surface area contributed by atoms with Gasteiger partial charge in [0.25, 0.3) is 5.91 Å². The van der Waals surface area contributed by atoms with Gasteiger partial charge in [-0.15, -0.1) is 0 Å². The fourth-order valence-corrected chi connectivity index (χ4v) is 3.10. The maximum Gasteiger partial charge on any atom is 0.324 e. The number of carbonyl (C=O) groups excluding carboxylic acids is 2. The summed E-state index contributed by atoms with van der Waals surface area (Å²) in [6.45, 7) is 2.93. The van der Waals surface area contributed by atoms with Gasteiger partial charge in [0, 0.05) is 19.2 Å². The molecule has 1 aliphatic rings. The van der Waals surface area contributed by atoms with Gasteiger partial charge in [-0.25, -0.2) is 0 Å². The van der Waals surface area contributed by atoms with E-state index in [0.29, 0.717) is 31.0 Å². The first-order valence-electron chi connectivity index (χ1n) is 6.73. The second-order valence-corrected chi connectivity index (χ2v) is 5.80. The summed E-state index contributed by atoms with van der Waals surface area (Å²) >= 11 is 0.856. The Morgan fingerprint density at radius 3 is 2.90 bits per heavy atom. The Balaban J connectivity index is 2.04. The van der Waals surface area contributed by atoms with Crippen molar-refractivity contribution in [2.24, 2.45) is 5.92 Å². The molecule has 0 radical (unpaired) electrons. The van der Waals surface area contributed by atoms with Crippen molar-refractivity contribution < 1.29 is 19.2 Å². The zero-order valence-electron chi connectivity index (χ0n) is 11.6. The first-order valence-corrected chi connectivity index (χ1v) is 7.54. The van der Waals surface area contributed by atoms with E-state index in [1.807, 2.05) is 0 Å². The van der Waals surface area contributed by atoms with Gasteiger partial charge in [0.2, 0.25) is 0 Å². The molecule has 0 bridgehead atoms. The Kier molecular flexibility index (Phi) is 4.89. The summed E-state index contributed by atoms with van der Waals surface area (Å²) < 4.78 is 4.99. The van der Waals surface area contributed by atoms with E-state index >= 15 is 0 Å². The predicted molar refractivity (Wildman–Crippen MR) is 76.2 cm³/mol. The molecule has 1 saturated heterocycles. The van der Waals surface area contributed by atoms with Crippen LogP contribution >= 0.6 is 11.3 Å². The van der Waals surface area contributed by atoms with Crippen molar-refractivity contribution in [3.05, 3.63) is 27.1 Å². The maximum atomic E-state index is 12.3. The fraction of sp³-hybridized carbons (Fsp3) is 0.538. The van der Waals surface area contributed by atoms with Crippen molar-refractivity contribution in [2.45, 2.75) is 19.8 Å². The van der Waals surface area contributed by atoms with Crippen LogP contribution in [0.15, 0.2) is 12.1 Å². The van der Waals surface area contributed by atoms with Crippen molar-refractivity contribution >= 4 is 28.2 Å². The van der Waals surface area contributed by atoms with Crippen LogP contribution in [0.2, 0.25) is 0 Å². The van der Waals surface area contributed by atoms with E-state index in [0.717, 1.165) is 17.8 Å². The lowest BCUT2D eigenvalue weighted by Crippen LogP contribution is -2.42. The van der Waals surface area contributed by atoms with E-state index in [1.54, 1.807) is 11.8 Å². The summed E-state index contributed by atoms with van der Waals surface area (Å²) in [7, 11) is 0. The molecule has 0 unspecified atom stereocenters. The third-order valence-electron chi connectivity index (χ3n) is 3.31. The summed E-state index contributed by atoms with van der Waals surface area (Å²) in [5, 5.41) is 10.6. The number of piperidine rings is 1. The minimum Gasteiger partial charge on any atom is -0.466 e. The molecule has 8 heteroatoms. The molecular weight excluding hydrogens is 296 g/mol. The number of hydrogen-bond donors (Lipinski definition) is 0. The number of rotatable bonds is 4. The Morgan fingerprint density at radius 1 is 1.52 bits per heavy atom. The lowest BCUT2D eigenvalue weighted by molar-refractivity contribution is -0.380. The number of nitro groups is 1. The van der Waals surface area contributed by atoms with E-state index in [4.69, 9.17) is 4.74 Å². The van der Waals surface area contributed by atoms with Crippen molar-refractivity contribution in [3.8, 4) is 0 Å². The number of thiophene rings is 1. The van der Waals surface area contributed by atoms with Crippen molar-refractivity contribution in [2.75, 3.05) is 19.7 Å². The van der Waals surface area contributed by atoms with Gasteiger partial charge in [0.1, 0.15) is 0 Å². The molecule has 0 spiro atoms. The van der Waals surface area contributed by atoms with E-state index < -0.39 is 4.92 Å². The summed E-state index contributed by atoms with van der Waals surface area (Å²) in [5.74, 6) is -0.855. The molecule has 0 N–H and O–H groups in total. The van der Waals surface area contributed by atoms with Crippen LogP contribution in [0, 0.1) is 16.0 Å². The molecule has 1 amide bonds. The number of carbonyl (C=O) groups is 2. The molecule has 2 rings (SSSR count). The fourth-order valence-electron chi connectivity index (χ4n) is 2.31. The van der Waals surface area contributed by atoms with Crippen LogP contribution < -0.4 is 0 Å². The highest BCUT2D eigenvalue weighted by Gasteiger charge is 2.30. The predicted octanol–water partition coefficient (Wildman–Crippen LogP) is 2.07. The second-order valence-electron chi connectivity index (χ2n) is 4.74.